The van der Waals surface area contributed by atoms with Crippen molar-refractivity contribution in [1.29, 1.82) is 0 Å². The first-order chi connectivity index (χ1) is 7.81. The van der Waals surface area contributed by atoms with Gasteiger partial charge in [-0.05, 0) is 24.7 Å². The first-order valence-corrected chi connectivity index (χ1v) is 6.04. The van der Waals surface area contributed by atoms with Gasteiger partial charge in [-0.2, -0.15) is 0 Å². The lowest BCUT2D eigenvalue weighted by atomic mass is 9.82. The minimum atomic E-state index is -0.919. The van der Waals surface area contributed by atoms with Gasteiger partial charge in [0.05, 0.1) is 0 Å². The summed E-state index contributed by atoms with van der Waals surface area (Å²) in [5, 5.41) is 9.05. The van der Waals surface area contributed by atoms with E-state index in [4.69, 9.17) is 5.11 Å². The van der Waals surface area contributed by atoms with Crippen LogP contribution in [0.1, 0.15) is 40.0 Å². The van der Waals surface area contributed by atoms with E-state index >= 15 is 0 Å². The molecule has 1 saturated heterocycles. The highest BCUT2D eigenvalue weighted by atomic mass is 16.4. The van der Waals surface area contributed by atoms with Gasteiger partial charge in [-0.3, -0.25) is 4.79 Å². The molecule has 96 valence electrons. The first-order valence-electron chi connectivity index (χ1n) is 6.04. The van der Waals surface area contributed by atoms with Crippen LogP contribution < -0.4 is 0 Å². The minimum absolute atomic E-state index is 0.207. The summed E-state index contributed by atoms with van der Waals surface area (Å²) in [5.74, 6) is -1.13. The van der Waals surface area contributed by atoms with E-state index in [2.05, 4.69) is 6.58 Å². The van der Waals surface area contributed by atoms with Gasteiger partial charge in [0.2, 0.25) is 5.91 Å². The molecular weight excluding hydrogens is 218 g/mol. The highest BCUT2D eigenvalue weighted by Gasteiger charge is 2.37. The topological polar surface area (TPSA) is 57.6 Å². The average molecular weight is 239 g/mol. The summed E-state index contributed by atoms with van der Waals surface area (Å²) in [4.78, 5) is 24.7. The summed E-state index contributed by atoms with van der Waals surface area (Å²) in [6.07, 6.45) is 2.10. The van der Waals surface area contributed by atoms with Crippen LogP contribution in [0, 0.1) is 5.41 Å². The van der Waals surface area contributed by atoms with Crippen molar-refractivity contribution in [1.82, 2.24) is 4.90 Å². The Morgan fingerprint density at radius 3 is 2.53 bits per heavy atom. The Labute approximate surface area is 102 Å². The zero-order chi connectivity index (χ0) is 13.2. The Morgan fingerprint density at radius 1 is 1.47 bits per heavy atom. The minimum Gasteiger partial charge on any atom is -0.480 e. The Balaban J connectivity index is 2.83. The van der Waals surface area contributed by atoms with Crippen LogP contribution in [-0.4, -0.2) is 34.5 Å². The van der Waals surface area contributed by atoms with E-state index in [1.807, 2.05) is 20.8 Å². The van der Waals surface area contributed by atoms with Gasteiger partial charge >= 0.3 is 5.97 Å². The molecule has 17 heavy (non-hydrogen) atoms. The molecule has 1 rings (SSSR count). The highest BCUT2D eigenvalue weighted by Crippen LogP contribution is 2.32. The maximum absolute atomic E-state index is 12.2. The van der Waals surface area contributed by atoms with Crippen LogP contribution in [0.3, 0.4) is 0 Å². The fraction of sp³-hybridized carbons (Fsp3) is 0.692. The molecule has 1 atom stereocenters. The van der Waals surface area contributed by atoms with E-state index in [-0.39, 0.29) is 11.3 Å². The number of carboxylic acid groups (broad SMARTS) is 1. The van der Waals surface area contributed by atoms with Gasteiger partial charge < -0.3 is 10.0 Å². The molecule has 1 amide bonds. The highest BCUT2D eigenvalue weighted by molar-refractivity contribution is 5.96. The molecule has 4 nitrogen and oxygen atoms in total. The van der Waals surface area contributed by atoms with E-state index in [1.54, 1.807) is 0 Å². The average Bonchev–Trinajstić information content (AvgIpc) is 2.75. The van der Waals surface area contributed by atoms with Gasteiger partial charge in [-0.15, -0.1) is 0 Å². The second-order valence-electron chi connectivity index (χ2n) is 5.21. The number of carbonyl (C=O) groups excluding carboxylic acids is 1. The fourth-order valence-electron chi connectivity index (χ4n) is 1.94. The van der Waals surface area contributed by atoms with Crippen molar-refractivity contribution in [3.05, 3.63) is 12.2 Å². The zero-order valence-corrected chi connectivity index (χ0v) is 10.8. The quantitative estimate of drug-likeness (QED) is 0.764. The SMILES string of the molecule is C=C(C(=O)N1CCC[C@H]1C(=O)O)C(C)(C)CC. The van der Waals surface area contributed by atoms with Crippen molar-refractivity contribution in [3.8, 4) is 0 Å². The molecule has 1 aliphatic rings. The molecule has 0 aliphatic carbocycles. The summed E-state index contributed by atoms with van der Waals surface area (Å²) in [7, 11) is 0. The number of carbonyl (C=O) groups is 2. The maximum Gasteiger partial charge on any atom is 0.326 e. The Morgan fingerprint density at radius 2 is 2.06 bits per heavy atom. The summed E-state index contributed by atoms with van der Waals surface area (Å²) in [6.45, 7) is 10.3. The number of rotatable bonds is 4. The predicted octanol–water partition coefficient (Wildman–Crippen LogP) is 2.05. The fourth-order valence-corrected chi connectivity index (χ4v) is 1.94. The molecule has 0 aromatic rings. The van der Waals surface area contributed by atoms with Crippen molar-refractivity contribution in [2.24, 2.45) is 5.41 Å². The smallest absolute Gasteiger partial charge is 0.326 e. The van der Waals surface area contributed by atoms with Crippen LogP contribution in [0.25, 0.3) is 0 Å². The normalized spacial score (nSPS) is 20.4. The second-order valence-corrected chi connectivity index (χ2v) is 5.21. The molecule has 1 aliphatic heterocycles. The number of hydrogen-bond donors (Lipinski definition) is 1. The van der Waals surface area contributed by atoms with Crippen LogP contribution in [0.4, 0.5) is 0 Å². The van der Waals surface area contributed by atoms with E-state index in [0.717, 1.165) is 12.8 Å². The molecule has 1 heterocycles. The zero-order valence-electron chi connectivity index (χ0n) is 10.8. The third-order valence-electron chi connectivity index (χ3n) is 3.76. The predicted molar refractivity (Wildman–Crippen MR) is 65.6 cm³/mol. The molecule has 1 fully saturated rings. The summed E-state index contributed by atoms with van der Waals surface area (Å²) in [5.41, 5.74) is 0.232. The second kappa shape index (κ2) is 4.90. The number of hydrogen-bond acceptors (Lipinski definition) is 2. The molecule has 0 aromatic carbocycles. The number of likely N-dealkylation sites (tertiary alicyclic amines) is 1. The molecule has 0 unspecified atom stereocenters. The molecule has 0 spiro atoms. The standard InChI is InChI=1S/C13H21NO3/c1-5-13(3,4)9(2)11(15)14-8-6-7-10(14)12(16)17/h10H,2,5-8H2,1,3-4H3,(H,16,17)/t10-/m0/s1. The maximum atomic E-state index is 12.2. The molecule has 0 saturated carbocycles. The van der Waals surface area contributed by atoms with Gasteiger partial charge in [-0.1, -0.05) is 27.4 Å². The van der Waals surface area contributed by atoms with Crippen molar-refractivity contribution < 1.29 is 14.7 Å². The molecule has 0 bridgehead atoms. The van der Waals surface area contributed by atoms with Gasteiger partial charge in [0.15, 0.2) is 0 Å². The van der Waals surface area contributed by atoms with Crippen molar-refractivity contribution in [3.63, 3.8) is 0 Å². The summed E-state index contributed by atoms with van der Waals surface area (Å²) < 4.78 is 0. The van der Waals surface area contributed by atoms with Gasteiger partial charge in [0.1, 0.15) is 6.04 Å². The lowest BCUT2D eigenvalue weighted by Gasteiger charge is -2.30. The molecule has 0 radical (unpaired) electrons. The molecule has 1 N–H and O–H groups in total. The van der Waals surface area contributed by atoms with Gasteiger partial charge in [0, 0.05) is 12.1 Å². The third kappa shape index (κ3) is 2.68. The van der Waals surface area contributed by atoms with Gasteiger partial charge in [-0.25, -0.2) is 4.79 Å². The van der Waals surface area contributed by atoms with Crippen LogP contribution in [0.5, 0.6) is 0 Å². The van der Waals surface area contributed by atoms with E-state index in [0.29, 0.717) is 18.5 Å². The summed E-state index contributed by atoms with van der Waals surface area (Å²) in [6, 6.07) is -0.674. The molecular formula is C13H21NO3. The number of nitrogens with zero attached hydrogens (tertiary/aromatic N) is 1. The Bertz CT molecular complexity index is 347. The largest absolute Gasteiger partial charge is 0.480 e. The van der Waals surface area contributed by atoms with E-state index < -0.39 is 12.0 Å². The first kappa shape index (κ1) is 13.7. The lowest BCUT2D eigenvalue weighted by Crippen LogP contribution is -2.43. The number of amides is 1. The van der Waals surface area contributed by atoms with Crippen LogP contribution in [0.15, 0.2) is 12.2 Å². The van der Waals surface area contributed by atoms with Crippen molar-refractivity contribution >= 4 is 11.9 Å². The van der Waals surface area contributed by atoms with E-state index in [1.165, 1.54) is 4.90 Å². The molecule has 4 heteroatoms. The monoisotopic (exact) mass is 239 g/mol. The molecule has 0 aromatic heterocycles. The third-order valence-corrected chi connectivity index (χ3v) is 3.76. The Kier molecular flexibility index (Phi) is 3.96. The van der Waals surface area contributed by atoms with Crippen LogP contribution >= 0.6 is 0 Å². The summed E-state index contributed by atoms with van der Waals surface area (Å²) >= 11 is 0. The van der Waals surface area contributed by atoms with E-state index in [9.17, 15) is 9.59 Å². The van der Waals surface area contributed by atoms with Crippen molar-refractivity contribution in [2.45, 2.75) is 46.1 Å². The van der Waals surface area contributed by atoms with Crippen LogP contribution in [0.2, 0.25) is 0 Å². The lowest BCUT2D eigenvalue weighted by molar-refractivity contribution is -0.147. The van der Waals surface area contributed by atoms with Crippen molar-refractivity contribution in [2.75, 3.05) is 6.54 Å². The van der Waals surface area contributed by atoms with Crippen LogP contribution in [-0.2, 0) is 9.59 Å². The van der Waals surface area contributed by atoms with Gasteiger partial charge in [0.25, 0.3) is 0 Å². The number of carboxylic acids is 1. The number of aliphatic carboxylic acids is 1. The Hall–Kier alpha value is -1.32.